The minimum Gasteiger partial charge on any atom is -0.410 e. The highest BCUT2D eigenvalue weighted by atomic mass is 79.9. The molecule has 3 rings (SSSR count). The molecular weight excluding hydrogens is 354 g/mol. The van der Waals surface area contributed by atoms with E-state index in [-0.39, 0.29) is 6.04 Å². The molecule has 0 N–H and O–H groups in total. The van der Waals surface area contributed by atoms with Crippen LogP contribution >= 0.6 is 15.9 Å². The first-order valence-electron chi connectivity index (χ1n) is 7.32. The van der Waals surface area contributed by atoms with Crippen LogP contribution in [-0.4, -0.2) is 12.1 Å². The van der Waals surface area contributed by atoms with Gasteiger partial charge in [-0.2, -0.15) is 0 Å². The van der Waals surface area contributed by atoms with E-state index < -0.39 is 6.09 Å². The molecule has 23 heavy (non-hydrogen) atoms. The summed E-state index contributed by atoms with van der Waals surface area (Å²) in [6, 6.07) is 16.7. The number of amides is 1. The minimum absolute atomic E-state index is 0.131. The van der Waals surface area contributed by atoms with Crippen molar-refractivity contribution >= 4 is 33.8 Å². The van der Waals surface area contributed by atoms with Crippen LogP contribution < -0.4 is 9.64 Å². The lowest BCUT2D eigenvalue weighted by Gasteiger charge is -2.33. The summed E-state index contributed by atoms with van der Waals surface area (Å²) in [4.78, 5) is 14.4. The summed E-state index contributed by atoms with van der Waals surface area (Å²) in [5, 5.41) is 0. The second-order valence-electron chi connectivity index (χ2n) is 5.26. The topological polar surface area (TPSA) is 29.5 Å². The van der Waals surface area contributed by atoms with Gasteiger partial charge in [-0.15, -0.1) is 0 Å². The average molecular weight is 370 g/mol. The molecule has 0 saturated heterocycles. The number of rotatable bonds is 3. The van der Waals surface area contributed by atoms with Crippen LogP contribution in [0.4, 0.5) is 10.5 Å². The van der Waals surface area contributed by atoms with Crippen LogP contribution in [0.15, 0.2) is 71.7 Å². The van der Waals surface area contributed by atoms with E-state index in [1.54, 1.807) is 17.0 Å². The third-order valence-electron chi connectivity index (χ3n) is 3.60. The molecule has 0 fully saturated rings. The predicted molar refractivity (Wildman–Crippen MR) is 96.9 cm³/mol. The standard InChI is InChI=1S/C19H16BrNO2/c1-14(20)13-16-12-11-15-7-5-6-10-18(15)21(16)19(22)23-17-8-3-2-4-9-17/h2-12,16H,1,13H2. The Labute approximate surface area is 144 Å². The molecule has 0 saturated carbocycles. The molecule has 0 bridgehead atoms. The van der Waals surface area contributed by atoms with Gasteiger partial charge in [-0.25, -0.2) is 4.79 Å². The Hall–Kier alpha value is -2.33. The number of hydrogen-bond acceptors (Lipinski definition) is 2. The SMILES string of the molecule is C=C(Br)CC1C=Cc2ccccc2N1C(=O)Oc1ccccc1. The van der Waals surface area contributed by atoms with Gasteiger partial charge in [0.2, 0.25) is 0 Å². The lowest BCUT2D eigenvalue weighted by Crippen LogP contribution is -2.43. The second kappa shape index (κ2) is 6.84. The first-order chi connectivity index (χ1) is 11.1. The van der Waals surface area contributed by atoms with Crippen molar-refractivity contribution in [1.82, 2.24) is 0 Å². The molecule has 0 spiro atoms. The van der Waals surface area contributed by atoms with Gasteiger partial charge in [-0.1, -0.05) is 71.1 Å². The maximum Gasteiger partial charge on any atom is 0.420 e. The van der Waals surface area contributed by atoms with Gasteiger partial charge in [0.15, 0.2) is 0 Å². The molecule has 1 unspecified atom stereocenters. The Morgan fingerprint density at radius 1 is 1.13 bits per heavy atom. The van der Waals surface area contributed by atoms with Crippen molar-refractivity contribution < 1.29 is 9.53 Å². The van der Waals surface area contributed by atoms with E-state index >= 15 is 0 Å². The van der Waals surface area contributed by atoms with E-state index in [9.17, 15) is 4.79 Å². The number of para-hydroxylation sites is 2. The number of ether oxygens (including phenoxy) is 1. The van der Waals surface area contributed by atoms with Gasteiger partial charge in [-0.3, -0.25) is 4.90 Å². The number of nitrogens with zero attached hydrogens (tertiary/aromatic N) is 1. The Morgan fingerprint density at radius 2 is 1.83 bits per heavy atom. The number of halogens is 1. The van der Waals surface area contributed by atoms with Crippen LogP contribution in [0.2, 0.25) is 0 Å². The zero-order valence-electron chi connectivity index (χ0n) is 12.5. The molecule has 116 valence electrons. The highest BCUT2D eigenvalue weighted by molar-refractivity contribution is 9.11. The fraction of sp³-hybridized carbons (Fsp3) is 0.105. The average Bonchev–Trinajstić information content (AvgIpc) is 2.55. The van der Waals surface area contributed by atoms with E-state index in [1.807, 2.05) is 54.6 Å². The van der Waals surface area contributed by atoms with E-state index in [4.69, 9.17) is 4.74 Å². The minimum atomic E-state index is -0.397. The Bertz CT molecular complexity index is 755. The molecule has 0 aromatic heterocycles. The van der Waals surface area contributed by atoms with E-state index in [2.05, 4.69) is 22.5 Å². The van der Waals surface area contributed by atoms with Gasteiger partial charge in [0.25, 0.3) is 0 Å². The van der Waals surface area contributed by atoms with E-state index in [0.29, 0.717) is 12.2 Å². The first-order valence-corrected chi connectivity index (χ1v) is 8.11. The number of benzene rings is 2. The molecule has 2 aromatic rings. The van der Waals surface area contributed by atoms with Crippen molar-refractivity contribution in [1.29, 1.82) is 0 Å². The Balaban J connectivity index is 1.92. The molecule has 3 nitrogen and oxygen atoms in total. The molecule has 4 heteroatoms. The number of hydrogen-bond donors (Lipinski definition) is 0. The summed E-state index contributed by atoms with van der Waals surface area (Å²) in [7, 11) is 0. The zero-order valence-corrected chi connectivity index (χ0v) is 14.1. The van der Waals surface area contributed by atoms with Crippen LogP contribution in [0.3, 0.4) is 0 Å². The number of carbonyl (C=O) groups is 1. The van der Waals surface area contributed by atoms with Gasteiger partial charge in [-0.05, 0) is 28.2 Å². The lowest BCUT2D eigenvalue weighted by molar-refractivity contribution is 0.206. The summed E-state index contributed by atoms with van der Waals surface area (Å²) in [5.41, 5.74) is 1.84. The summed E-state index contributed by atoms with van der Waals surface area (Å²) in [5.74, 6) is 0.529. The van der Waals surface area contributed by atoms with E-state index in [1.165, 1.54) is 0 Å². The van der Waals surface area contributed by atoms with Crippen molar-refractivity contribution in [3.8, 4) is 5.75 Å². The number of anilines is 1. The summed E-state index contributed by atoms with van der Waals surface area (Å²) >= 11 is 3.39. The van der Waals surface area contributed by atoms with Gasteiger partial charge >= 0.3 is 6.09 Å². The normalized spacial score (nSPS) is 15.9. The van der Waals surface area contributed by atoms with Crippen LogP contribution in [0.1, 0.15) is 12.0 Å². The van der Waals surface area contributed by atoms with Crippen molar-refractivity contribution in [3.05, 3.63) is 77.3 Å². The molecule has 0 radical (unpaired) electrons. The van der Waals surface area contributed by atoms with Gasteiger partial charge < -0.3 is 4.74 Å². The Kier molecular flexibility index (Phi) is 4.63. The fourth-order valence-electron chi connectivity index (χ4n) is 2.59. The van der Waals surface area contributed by atoms with Crippen LogP contribution in [0.5, 0.6) is 5.75 Å². The van der Waals surface area contributed by atoms with Crippen LogP contribution in [0, 0.1) is 0 Å². The summed E-state index contributed by atoms with van der Waals surface area (Å²) in [6.07, 6.45) is 4.25. The number of carbonyl (C=O) groups excluding carboxylic acids is 1. The Morgan fingerprint density at radius 3 is 2.57 bits per heavy atom. The third kappa shape index (κ3) is 3.54. The fourth-order valence-corrected chi connectivity index (χ4v) is 2.92. The summed E-state index contributed by atoms with van der Waals surface area (Å²) < 4.78 is 6.37. The lowest BCUT2D eigenvalue weighted by atomic mass is 10.0. The first kappa shape index (κ1) is 15.6. The van der Waals surface area contributed by atoms with Gasteiger partial charge in [0.05, 0.1) is 11.7 Å². The third-order valence-corrected chi connectivity index (χ3v) is 3.93. The second-order valence-corrected chi connectivity index (χ2v) is 6.38. The molecule has 1 amide bonds. The zero-order chi connectivity index (χ0) is 16.2. The maximum absolute atomic E-state index is 12.7. The highest BCUT2D eigenvalue weighted by Crippen LogP contribution is 2.32. The van der Waals surface area contributed by atoms with Crippen molar-refractivity contribution in [2.75, 3.05) is 4.90 Å². The van der Waals surface area contributed by atoms with Crippen molar-refractivity contribution in [3.63, 3.8) is 0 Å². The van der Waals surface area contributed by atoms with Crippen molar-refractivity contribution in [2.45, 2.75) is 12.5 Å². The molecule has 1 aliphatic heterocycles. The molecule has 0 aliphatic carbocycles. The largest absolute Gasteiger partial charge is 0.420 e. The predicted octanol–water partition coefficient (Wildman–Crippen LogP) is 5.39. The van der Waals surface area contributed by atoms with E-state index in [0.717, 1.165) is 15.7 Å². The molecule has 1 aliphatic rings. The monoisotopic (exact) mass is 369 g/mol. The van der Waals surface area contributed by atoms with Crippen LogP contribution in [-0.2, 0) is 0 Å². The number of fused-ring (bicyclic) bond motifs is 1. The van der Waals surface area contributed by atoms with Gasteiger partial charge in [0.1, 0.15) is 5.75 Å². The quantitative estimate of drug-likeness (QED) is 0.725. The van der Waals surface area contributed by atoms with Crippen LogP contribution in [0.25, 0.3) is 6.08 Å². The summed E-state index contributed by atoms with van der Waals surface area (Å²) in [6.45, 7) is 3.89. The van der Waals surface area contributed by atoms with Gasteiger partial charge in [0, 0.05) is 6.42 Å². The molecular formula is C19H16BrNO2. The molecule has 1 heterocycles. The molecule has 2 aromatic carbocycles. The van der Waals surface area contributed by atoms with Crippen molar-refractivity contribution in [2.24, 2.45) is 0 Å². The maximum atomic E-state index is 12.7. The smallest absolute Gasteiger partial charge is 0.410 e. The molecule has 1 atom stereocenters. The highest BCUT2D eigenvalue weighted by Gasteiger charge is 2.29.